The number of aromatic nitrogens is 2. The van der Waals surface area contributed by atoms with Crippen LogP contribution in [0.5, 0.6) is 11.5 Å². The number of carbonyl (C=O) groups is 1. The Morgan fingerprint density at radius 1 is 1.19 bits per heavy atom. The van der Waals surface area contributed by atoms with Crippen molar-refractivity contribution in [3.05, 3.63) is 60.0 Å². The quantitative estimate of drug-likeness (QED) is 0.690. The van der Waals surface area contributed by atoms with E-state index in [1.165, 1.54) is 0 Å². The van der Waals surface area contributed by atoms with E-state index in [2.05, 4.69) is 15.5 Å². The summed E-state index contributed by atoms with van der Waals surface area (Å²) in [6.45, 7) is 3.80. The summed E-state index contributed by atoms with van der Waals surface area (Å²) in [4.78, 5) is 16.5. The van der Waals surface area contributed by atoms with Crippen molar-refractivity contribution in [3.63, 3.8) is 0 Å². The van der Waals surface area contributed by atoms with E-state index in [1.54, 1.807) is 38.3 Å². The molecule has 0 saturated carbocycles. The minimum atomic E-state index is -0.669. The molecule has 0 radical (unpaired) electrons. The Morgan fingerprint density at radius 3 is 2.63 bits per heavy atom. The fraction of sp³-hybridized carbons (Fsp3) is 0.250. The van der Waals surface area contributed by atoms with Gasteiger partial charge in [0, 0.05) is 5.56 Å². The summed E-state index contributed by atoms with van der Waals surface area (Å²) < 4.78 is 15.9. The van der Waals surface area contributed by atoms with Crippen LogP contribution in [-0.2, 0) is 11.3 Å². The fourth-order valence-electron chi connectivity index (χ4n) is 2.45. The van der Waals surface area contributed by atoms with Gasteiger partial charge in [0.25, 0.3) is 5.91 Å². The molecule has 0 spiro atoms. The predicted molar refractivity (Wildman–Crippen MR) is 99.4 cm³/mol. The lowest BCUT2D eigenvalue weighted by Gasteiger charge is -2.14. The van der Waals surface area contributed by atoms with Crippen LogP contribution in [0.3, 0.4) is 0 Å². The van der Waals surface area contributed by atoms with Gasteiger partial charge in [-0.15, -0.1) is 0 Å². The Hall–Kier alpha value is -3.35. The molecule has 140 valence electrons. The Morgan fingerprint density at radius 2 is 1.93 bits per heavy atom. The number of ether oxygens (including phenoxy) is 2. The SMILES string of the molecule is COc1ccc(O[C@@H](C)C(=O)NCc2nc(-c3cccc(C)c3)no2)cc1. The molecule has 0 unspecified atom stereocenters. The molecule has 0 fully saturated rings. The zero-order chi connectivity index (χ0) is 19.2. The van der Waals surface area contributed by atoms with Crippen molar-refractivity contribution in [2.45, 2.75) is 26.5 Å². The van der Waals surface area contributed by atoms with Gasteiger partial charge in [-0.05, 0) is 44.2 Å². The van der Waals surface area contributed by atoms with E-state index in [1.807, 2.05) is 31.2 Å². The topological polar surface area (TPSA) is 86.5 Å². The molecule has 27 heavy (non-hydrogen) atoms. The van der Waals surface area contributed by atoms with Crippen LogP contribution < -0.4 is 14.8 Å². The largest absolute Gasteiger partial charge is 0.497 e. The first-order valence-electron chi connectivity index (χ1n) is 8.53. The van der Waals surface area contributed by atoms with E-state index < -0.39 is 6.10 Å². The summed E-state index contributed by atoms with van der Waals surface area (Å²) in [5.41, 5.74) is 1.98. The average molecular weight is 367 g/mol. The monoisotopic (exact) mass is 367 g/mol. The van der Waals surface area contributed by atoms with Crippen molar-refractivity contribution in [3.8, 4) is 22.9 Å². The second-order valence-corrected chi connectivity index (χ2v) is 6.03. The number of hydrogen-bond acceptors (Lipinski definition) is 6. The molecule has 0 aliphatic heterocycles. The van der Waals surface area contributed by atoms with Gasteiger partial charge >= 0.3 is 0 Å². The lowest BCUT2D eigenvalue weighted by Crippen LogP contribution is -2.35. The van der Waals surface area contributed by atoms with Gasteiger partial charge in [0.1, 0.15) is 11.5 Å². The van der Waals surface area contributed by atoms with E-state index in [0.29, 0.717) is 17.5 Å². The maximum atomic E-state index is 12.2. The van der Waals surface area contributed by atoms with Crippen LogP contribution in [0.1, 0.15) is 18.4 Å². The van der Waals surface area contributed by atoms with Crippen LogP contribution in [0.15, 0.2) is 53.1 Å². The maximum absolute atomic E-state index is 12.2. The van der Waals surface area contributed by atoms with Gasteiger partial charge in [-0.3, -0.25) is 4.79 Å². The molecule has 1 N–H and O–H groups in total. The highest BCUT2D eigenvalue weighted by molar-refractivity contribution is 5.80. The summed E-state index contributed by atoms with van der Waals surface area (Å²) in [5, 5.41) is 6.69. The molecule has 3 aromatic rings. The lowest BCUT2D eigenvalue weighted by molar-refractivity contribution is -0.127. The van der Waals surface area contributed by atoms with Gasteiger partial charge in [0.15, 0.2) is 6.10 Å². The highest BCUT2D eigenvalue weighted by Crippen LogP contribution is 2.19. The highest BCUT2D eigenvalue weighted by Gasteiger charge is 2.16. The fourth-order valence-corrected chi connectivity index (χ4v) is 2.45. The van der Waals surface area contributed by atoms with Gasteiger partial charge in [-0.1, -0.05) is 28.9 Å². The van der Waals surface area contributed by atoms with E-state index in [-0.39, 0.29) is 12.5 Å². The molecule has 0 aliphatic carbocycles. The molecule has 1 heterocycles. The van der Waals surface area contributed by atoms with Crippen LogP contribution in [0.25, 0.3) is 11.4 Å². The molecule has 1 atom stereocenters. The normalized spacial score (nSPS) is 11.7. The molecule has 0 aliphatic rings. The third-order valence-electron chi connectivity index (χ3n) is 3.90. The number of nitrogens with one attached hydrogen (secondary N) is 1. The van der Waals surface area contributed by atoms with Crippen LogP contribution in [-0.4, -0.2) is 29.3 Å². The van der Waals surface area contributed by atoms with Crippen LogP contribution in [0, 0.1) is 6.92 Å². The van der Waals surface area contributed by atoms with E-state index in [4.69, 9.17) is 14.0 Å². The molecule has 3 rings (SSSR count). The maximum Gasteiger partial charge on any atom is 0.261 e. The van der Waals surface area contributed by atoms with E-state index in [9.17, 15) is 4.79 Å². The zero-order valence-corrected chi connectivity index (χ0v) is 15.4. The van der Waals surface area contributed by atoms with Crippen molar-refractivity contribution in [1.82, 2.24) is 15.5 Å². The molecule has 2 aromatic carbocycles. The second-order valence-electron chi connectivity index (χ2n) is 6.03. The first kappa shape index (κ1) is 18.4. The number of hydrogen-bond donors (Lipinski definition) is 1. The van der Waals surface area contributed by atoms with Gasteiger partial charge < -0.3 is 19.3 Å². The zero-order valence-electron chi connectivity index (χ0n) is 15.4. The Bertz CT molecular complexity index is 906. The molecule has 1 aromatic heterocycles. The summed E-state index contributed by atoms with van der Waals surface area (Å²) in [5.74, 6) is 1.85. The number of methoxy groups -OCH3 is 1. The van der Waals surface area contributed by atoms with Crippen molar-refractivity contribution >= 4 is 5.91 Å². The first-order valence-corrected chi connectivity index (χ1v) is 8.53. The molecule has 7 nitrogen and oxygen atoms in total. The molecular formula is C20H21N3O4. The minimum Gasteiger partial charge on any atom is -0.497 e. The molecular weight excluding hydrogens is 346 g/mol. The van der Waals surface area contributed by atoms with Gasteiger partial charge in [0.05, 0.1) is 13.7 Å². The predicted octanol–water partition coefficient (Wildman–Crippen LogP) is 3.14. The third-order valence-corrected chi connectivity index (χ3v) is 3.90. The van der Waals surface area contributed by atoms with Crippen molar-refractivity contribution in [2.75, 3.05) is 7.11 Å². The van der Waals surface area contributed by atoms with Crippen molar-refractivity contribution < 1.29 is 18.8 Å². The molecule has 0 bridgehead atoms. The summed E-state index contributed by atoms with van der Waals surface area (Å²) >= 11 is 0. The summed E-state index contributed by atoms with van der Waals surface area (Å²) in [7, 11) is 1.59. The number of amides is 1. The molecule has 7 heteroatoms. The van der Waals surface area contributed by atoms with Gasteiger partial charge in [0.2, 0.25) is 11.7 Å². The Balaban J connectivity index is 1.54. The number of benzene rings is 2. The van der Waals surface area contributed by atoms with Crippen LogP contribution in [0.4, 0.5) is 0 Å². The van der Waals surface area contributed by atoms with Gasteiger partial charge in [-0.2, -0.15) is 4.98 Å². The molecule has 0 saturated heterocycles. The number of nitrogens with zero attached hydrogens (tertiary/aromatic N) is 2. The third kappa shape index (κ3) is 4.84. The summed E-state index contributed by atoms with van der Waals surface area (Å²) in [6.07, 6.45) is -0.669. The molecule has 1 amide bonds. The van der Waals surface area contributed by atoms with Crippen LogP contribution >= 0.6 is 0 Å². The first-order chi connectivity index (χ1) is 13.0. The smallest absolute Gasteiger partial charge is 0.261 e. The number of rotatable bonds is 7. The Kier molecular flexibility index (Phi) is 5.71. The van der Waals surface area contributed by atoms with E-state index in [0.717, 1.165) is 16.9 Å². The number of aryl methyl sites for hydroxylation is 1. The van der Waals surface area contributed by atoms with E-state index >= 15 is 0 Å². The average Bonchev–Trinajstić information content (AvgIpc) is 3.16. The standard InChI is InChI=1S/C20H21N3O4/c1-13-5-4-6-15(11-13)19-22-18(27-23-19)12-21-20(24)14(2)26-17-9-7-16(25-3)8-10-17/h4-11,14H,12H2,1-3H3,(H,21,24)/t14-/m0/s1. The highest BCUT2D eigenvalue weighted by atomic mass is 16.5. The van der Waals surface area contributed by atoms with Gasteiger partial charge in [-0.25, -0.2) is 0 Å². The summed E-state index contributed by atoms with van der Waals surface area (Å²) in [6, 6.07) is 14.8. The second kappa shape index (κ2) is 8.35. The minimum absolute atomic E-state index is 0.133. The van der Waals surface area contributed by atoms with Crippen molar-refractivity contribution in [2.24, 2.45) is 0 Å². The van der Waals surface area contributed by atoms with Crippen molar-refractivity contribution in [1.29, 1.82) is 0 Å². The van der Waals surface area contributed by atoms with Crippen LogP contribution in [0.2, 0.25) is 0 Å². The number of carbonyl (C=O) groups excluding carboxylic acids is 1. The lowest BCUT2D eigenvalue weighted by atomic mass is 10.1. The Labute approximate surface area is 157 Å².